The first-order valence-corrected chi connectivity index (χ1v) is 6.84. The van der Waals surface area contributed by atoms with E-state index in [0.717, 1.165) is 12.8 Å². The van der Waals surface area contributed by atoms with Crippen LogP contribution in [0, 0.1) is 11.8 Å². The number of likely N-dealkylation sites (tertiary alicyclic amines) is 1. The van der Waals surface area contributed by atoms with Crippen molar-refractivity contribution in [3.8, 4) is 0 Å². The maximum atomic E-state index is 11.9. The number of piperidine rings is 1. The minimum atomic E-state index is -1.11. The van der Waals surface area contributed by atoms with Crippen molar-refractivity contribution in [2.24, 2.45) is 11.8 Å². The third-order valence-corrected chi connectivity index (χ3v) is 3.78. The van der Waals surface area contributed by atoms with E-state index >= 15 is 0 Å². The number of aliphatic hydroxyl groups is 1. The molecule has 6 nitrogen and oxygen atoms in total. The van der Waals surface area contributed by atoms with Crippen molar-refractivity contribution in [3.63, 3.8) is 0 Å². The number of amides is 2. The summed E-state index contributed by atoms with van der Waals surface area (Å²) in [7, 11) is 0. The zero-order valence-electron chi connectivity index (χ0n) is 11.6. The van der Waals surface area contributed by atoms with E-state index in [9.17, 15) is 9.59 Å². The molecule has 0 radical (unpaired) electrons. The smallest absolute Gasteiger partial charge is 0.326 e. The van der Waals surface area contributed by atoms with E-state index in [-0.39, 0.29) is 19.1 Å². The molecule has 1 atom stereocenters. The van der Waals surface area contributed by atoms with Crippen molar-refractivity contribution in [2.75, 3.05) is 19.7 Å². The Labute approximate surface area is 113 Å². The van der Waals surface area contributed by atoms with E-state index in [2.05, 4.69) is 19.2 Å². The number of carboxylic acid groups (broad SMARTS) is 1. The molecule has 110 valence electrons. The van der Waals surface area contributed by atoms with E-state index < -0.39 is 12.0 Å². The topological polar surface area (TPSA) is 89.9 Å². The molecule has 0 aliphatic carbocycles. The first-order chi connectivity index (χ1) is 8.95. The second-order valence-corrected chi connectivity index (χ2v) is 5.42. The summed E-state index contributed by atoms with van der Waals surface area (Å²) in [5, 5.41) is 20.2. The third kappa shape index (κ3) is 4.70. The molecule has 19 heavy (non-hydrogen) atoms. The van der Waals surface area contributed by atoms with Crippen molar-refractivity contribution < 1.29 is 19.8 Å². The number of urea groups is 1. The van der Waals surface area contributed by atoms with Gasteiger partial charge in [-0.2, -0.15) is 0 Å². The van der Waals surface area contributed by atoms with Crippen LogP contribution in [0.5, 0.6) is 0 Å². The lowest BCUT2D eigenvalue weighted by Crippen LogP contribution is -2.50. The van der Waals surface area contributed by atoms with Crippen LogP contribution in [-0.4, -0.2) is 52.9 Å². The largest absolute Gasteiger partial charge is 0.480 e. The van der Waals surface area contributed by atoms with Gasteiger partial charge in [0.25, 0.3) is 0 Å². The van der Waals surface area contributed by atoms with Gasteiger partial charge in [0.1, 0.15) is 6.04 Å². The molecule has 0 saturated carbocycles. The van der Waals surface area contributed by atoms with Crippen molar-refractivity contribution >= 4 is 12.0 Å². The minimum Gasteiger partial charge on any atom is -0.480 e. The summed E-state index contributed by atoms with van der Waals surface area (Å²) in [6.45, 7) is 5.44. The lowest BCUT2D eigenvalue weighted by molar-refractivity contribution is -0.139. The normalized spacial score (nSPS) is 18.4. The van der Waals surface area contributed by atoms with Crippen molar-refractivity contribution in [1.29, 1.82) is 0 Å². The molecule has 1 aliphatic rings. The van der Waals surface area contributed by atoms with E-state index in [1.165, 1.54) is 0 Å². The molecular formula is C13H24N2O4. The first kappa shape index (κ1) is 15.8. The maximum Gasteiger partial charge on any atom is 0.326 e. The van der Waals surface area contributed by atoms with Crippen molar-refractivity contribution in [3.05, 3.63) is 0 Å². The lowest BCUT2D eigenvalue weighted by atomic mass is 9.87. The Bertz CT molecular complexity index is 312. The van der Waals surface area contributed by atoms with Gasteiger partial charge in [-0.15, -0.1) is 0 Å². The minimum absolute atomic E-state index is 0.0313. The number of rotatable bonds is 5. The molecule has 1 rings (SSSR count). The van der Waals surface area contributed by atoms with Crippen molar-refractivity contribution in [1.82, 2.24) is 10.2 Å². The Morgan fingerprint density at radius 2 is 1.89 bits per heavy atom. The zero-order valence-corrected chi connectivity index (χ0v) is 11.6. The summed E-state index contributed by atoms with van der Waals surface area (Å²) in [4.78, 5) is 24.5. The number of hydrogen-bond donors (Lipinski definition) is 3. The molecule has 1 saturated heterocycles. The summed E-state index contributed by atoms with van der Waals surface area (Å²) in [5.74, 6) is 0.141. The number of nitrogens with zero attached hydrogens (tertiary/aromatic N) is 1. The number of carbonyl (C=O) groups is 2. The average molecular weight is 272 g/mol. The van der Waals surface area contributed by atoms with Crippen LogP contribution >= 0.6 is 0 Å². The number of aliphatic carboxylic acids is 1. The highest BCUT2D eigenvalue weighted by atomic mass is 16.4. The molecule has 6 heteroatoms. The Balaban J connectivity index is 2.44. The Morgan fingerprint density at radius 3 is 2.32 bits per heavy atom. The fourth-order valence-corrected chi connectivity index (χ4v) is 2.40. The summed E-state index contributed by atoms with van der Waals surface area (Å²) in [6.07, 6.45) is 1.95. The van der Waals surface area contributed by atoms with Gasteiger partial charge in [0, 0.05) is 26.1 Å². The second-order valence-electron chi connectivity index (χ2n) is 5.42. The van der Waals surface area contributed by atoms with Gasteiger partial charge in [0.15, 0.2) is 0 Å². The van der Waals surface area contributed by atoms with Gasteiger partial charge in [-0.05, 0) is 24.7 Å². The lowest BCUT2D eigenvalue weighted by Gasteiger charge is -2.34. The van der Waals surface area contributed by atoms with Gasteiger partial charge in [0.2, 0.25) is 0 Å². The molecule has 1 heterocycles. The second kappa shape index (κ2) is 7.33. The molecule has 1 fully saturated rings. The maximum absolute atomic E-state index is 11.9. The Kier molecular flexibility index (Phi) is 6.08. The fourth-order valence-electron chi connectivity index (χ4n) is 2.40. The van der Waals surface area contributed by atoms with E-state index in [4.69, 9.17) is 10.2 Å². The van der Waals surface area contributed by atoms with Crippen LogP contribution in [-0.2, 0) is 4.79 Å². The fraction of sp³-hybridized carbons (Fsp3) is 0.846. The molecule has 3 N–H and O–H groups in total. The van der Waals surface area contributed by atoms with Gasteiger partial charge < -0.3 is 20.4 Å². The molecule has 0 aromatic carbocycles. The molecule has 0 bridgehead atoms. The van der Waals surface area contributed by atoms with Crippen LogP contribution in [0.4, 0.5) is 4.79 Å². The first-order valence-electron chi connectivity index (χ1n) is 6.84. The molecule has 0 aromatic heterocycles. The summed E-state index contributed by atoms with van der Waals surface area (Å²) in [6, 6.07) is -1.36. The van der Waals surface area contributed by atoms with Gasteiger partial charge in [-0.3, -0.25) is 0 Å². The predicted octanol–water partition coefficient (Wildman–Crippen LogP) is 0.900. The highest BCUT2D eigenvalue weighted by Crippen LogP contribution is 2.24. The molecule has 0 aromatic rings. The van der Waals surface area contributed by atoms with Crippen LogP contribution < -0.4 is 5.32 Å². The van der Waals surface area contributed by atoms with Crippen LogP contribution in [0.3, 0.4) is 0 Å². The van der Waals surface area contributed by atoms with Crippen molar-refractivity contribution in [2.45, 2.75) is 39.2 Å². The van der Waals surface area contributed by atoms with Crippen LogP contribution in [0.15, 0.2) is 0 Å². The Hall–Kier alpha value is -1.30. The number of aliphatic hydroxyl groups excluding tert-OH is 1. The molecular weight excluding hydrogens is 248 g/mol. The highest BCUT2D eigenvalue weighted by molar-refractivity contribution is 5.82. The van der Waals surface area contributed by atoms with E-state index in [1.54, 1.807) is 4.90 Å². The summed E-state index contributed by atoms with van der Waals surface area (Å²) in [5.41, 5.74) is 0. The number of carbonyl (C=O) groups excluding carboxylic acids is 1. The average Bonchev–Trinajstić information content (AvgIpc) is 2.38. The van der Waals surface area contributed by atoms with Crippen LogP contribution in [0.25, 0.3) is 0 Å². The molecule has 0 spiro atoms. The third-order valence-electron chi connectivity index (χ3n) is 3.78. The standard InChI is InChI=1S/C13H24N2O4/c1-9(2)10-3-6-15(7-4-10)13(19)14-11(5-8-16)12(17)18/h9-11,16H,3-8H2,1-2H3,(H,14,19)(H,17,18). The van der Waals surface area contributed by atoms with E-state index in [1.807, 2.05) is 0 Å². The monoisotopic (exact) mass is 272 g/mol. The highest BCUT2D eigenvalue weighted by Gasteiger charge is 2.27. The quantitative estimate of drug-likeness (QED) is 0.693. The summed E-state index contributed by atoms with van der Waals surface area (Å²) < 4.78 is 0. The van der Waals surface area contributed by atoms with Gasteiger partial charge >= 0.3 is 12.0 Å². The zero-order chi connectivity index (χ0) is 14.4. The SMILES string of the molecule is CC(C)C1CCN(C(=O)NC(CCO)C(=O)O)CC1. The predicted molar refractivity (Wildman–Crippen MR) is 70.8 cm³/mol. The van der Waals surface area contributed by atoms with Gasteiger partial charge in [-0.25, -0.2) is 9.59 Å². The number of carboxylic acids is 1. The van der Waals surface area contributed by atoms with Gasteiger partial charge in [0.05, 0.1) is 0 Å². The Morgan fingerprint density at radius 1 is 1.32 bits per heavy atom. The van der Waals surface area contributed by atoms with E-state index in [0.29, 0.717) is 24.9 Å². The van der Waals surface area contributed by atoms with Gasteiger partial charge in [-0.1, -0.05) is 13.8 Å². The molecule has 2 amide bonds. The molecule has 1 unspecified atom stereocenters. The number of nitrogens with one attached hydrogen (secondary N) is 1. The number of hydrogen-bond acceptors (Lipinski definition) is 3. The van der Waals surface area contributed by atoms with Crippen LogP contribution in [0.1, 0.15) is 33.1 Å². The van der Waals surface area contributed by atoms with Crippen LogP contribution in [0.2, 0.25) is 0 Å². The summed E-state index contributed by atoms with van der Waals surface area (Å²) >= 11 is 0. The molecule has 1 aliphatic heterocycles.